The van der Waals surface area contributed by atoms with Crippen molar-refractivity contribution < 1.29 is 4.39 Å². The molecule has 0 amide bonds. The van der Waals surface area contributed by atoms with Crippen molar-refractivity contribution in [2.24, 2.45) is 0 Å². The summed E-state index contributed by atoms with van der Waals surface area (Å²) in [5, 5.41) is 0. The second-order valence-electron chi connectivity index (χ2n) is 6.16. The van der Waals surface area contributed by atoms with Crippen molar-refractivity contribution in [2.75, 3.05) is 25.0 Å². The maximum atomic E-state index is 13.8. The van der Waals surface area contributed by atoms with Crippen molar-refractivity contribution in [1.29, 1.82) is 0 Å². The number of hydrogen-bond acceptors (Lipinski definition) is 2. The molecule has 2 atom stereocenters. The lowest BCUT2D eigenvalue weighted by Gasteiger charge is -2.42. The van der Waals surface area contributed by atoms with E-state index in [-0.39, 0.29) is 5.82 Å². The summed E-state index contributed by atoms with van der Waals surface area (Å²) in [6.07, 6.45) is 2.31. The van der Waals surface area contributed by atoms with E-state index in [1.54, 1.807) is 12.1 Å². The van der Waals surface area contributed by atoms with Gasteiger partial charge in [-0.3, -0.25) is 0 Å². The summed E-state index contributed by atoms with van der Waals surface area (Å²) in [6, 6.07) is 4.45. The van der Waals surface area contributed by atoms with E-state index in [2.05, 4.69) is 37.6 Å². The van der Waals surface area contributed by atoms with E-state index >= 15 is 0 Å². The zero-order valence-electron chi connectivity index (χ0n) is 13.4. The van der Waals surface area contributed by atoms with E-state index in [9.17, 15) is 4.39 Å². The molecule has 1 aliphatic rings. The van der Waals surface area contributed by atoms with Gasteiger partial charge in [0.15, 0.2) is 0 Å². The molecule has 0 aliphatic carbocycles. The summed E-state index contributed by atoms with van der Waals surface area (Å²) in [6.45, 7) is 10.6. The maximum Gasteiger partial charge on any atom is 0.125 e. The number of benzene rings is 1. The predicted octanol–water partition coefficient (Wildman–Crippen LogP) is 3.75. The third-order valence-corrected chi connectivity index (χ3v) is 4.88. The number of halogens is 1. The Hall–Kier alpha value is -1.09. The number of rotatable bonds is 3. The first kappa shape index (κ1) is 15.3. The summed E-state index contributed by atoms with van der Waals surface area (Å²) >= 11 is 0. The number of nitrogens with zero attached hydrogens (tertiary/aromatic N) is 2. The molecule has 0 bridgehead atoms. The van der Waals surface area contributed by atoms with E-state index in [4.69, 9.17) is 0 Å². The highest BCUT2D eigenvalue weighted by Crippen LogP contribution is 2.30. The van der Waals surface area contributed by atoms with Crippen LogP contribution in [-0.4, -0.2) is 37.1 Å². The van der Waals surface area contributed by atoms with Crippen LogP contribution in [0.2, 0.25) is 0 Å². The first-order valence-corrected chi connectivity index (χ1v) is 7.67. The molecule has 1 aromatic rings. The van der Waals surface area contributed by atoms with Crippen molar-refractivity contribution >= 4 is 5.69 Å². The lowest BCUT2D eigenvalue weighted by Crippen LogP contribution is -2.48. The standard InChI is InChI=1S/C17H27FN2/c1-6-20(16-7-8-19(5)13(3)10-16)17-11-15(18)9-12(2)14(17)4/h9,11,13,16H,6-8,10H2,1-5H3. The highest BCUT2D eigenvalue weighted by Gasteiger charge is 2.28. The Bertz CT molecular complexity index is 472. The van der Waals surface area contributed by atoms with Crippen molar-refractivity contribution in [2.45, 2.75) is 52.6 Å². The molecular formula is C17H27FN2. The van der Waals surface area contributed by atoms with Crippen LogP contribution in [0, 0.1) is 19.7 Å². The minimum Gasteiger partial charge on any atom is -0.368 e. The molecule has 1 saturated heterocycles. The van der Waals surface area contributed by atoms with Crippen molar-refractivity contribution in [3.63, 3.8) is 0 Å². The van der Waals surface area contributed by atoms with Crippen molar-refractivity contribution in [1.82, 2.24) is 4.90 Å². The van der Waals surface area contributed by atoms with Gasteiger partial charge in [0.05, 0.1) is 0 Å². The van der Waals surface area contributed by atoms with Gasteiger partial charge in [0, 0.05) is 30.9 Å². The van der Waals surface area contributed by atoms with Crippen LogP contribution in [0.15, 0.2) is 12.1 Å². The van der Waals surface area contributed by atoms with Gasteiger partial charge in [-0.25, -0.2) is 4.39 Å². The third kappa shape index (κ3) is 2.98. The van der Waals surface area contributed by atoms with Gasteiger partial charge < -0.3 is 9.80 Å². The van der Waals surface area contributed by atoms with Gasteiger partial charge in [-0.1, -0.05) is 0 Å². The van der Waals surface area contributed by atoms with E-state index < -0.39 is 0 Å². The Balaban J connectivity index is 2.29. The van der Waals surface area contributed by atoms with Crippen LogP contribution in [-0.2, 0) is 0 Å². The molecule has 0 N–H and O–H groups in total. The molecule has 0 saturated carbocycles. The maximum absolute atomic E-state index is 13.8. The van der Waals surface area contributed by atoms with Crippen molar-refractivity contribution in [3.8, 4) is 0 Å². The number of aryl methyl sites for hydroxylation is 1. The topological polar surface area (TPSA) is 6.48 Å². The van der Waals surface area contributed by atoms with Crippen LogP contribution in [0.3, 0.4) is 0 Å². The average molecular weight is 278 g/mol. The number of anilines is 1. The summed E-state index contributed by atoms with van der Waals surface area (Å²) in [7, 11) is 2.19. The first-order valence-electron chi connectivity index (χ1n) is 7.67. The lowest BCUT2D eigenvalue weighted by atomic mass is 9.95. The SMILES string of the molecule is CCN(c1cc(F)cc(C)c1C)C1CCN(C)C(C)C1. The molecule has 1 fully saturated rings. The van der Waals surface area contributed by atoms with E-state index in [1.165, 1.54) is 5.56 Å². The molecule has 0 radical (unpaired) electrons. The Kier molecular flexibility index (Phi) is 4.69. The molecule has 2 rings (SSSR count). The zero-order chi connectivity index (χ0) is 14.9. The molecule has 2 nitrogen and oxygen atoms in total. The van der Waals surface area contributed by atoms with E-state index in [0.29, 0.717) is 12.1 Å². The minimum absolute atomic E-state index is 0.123. The Morgan fingerprint density at radius 2 is 2.05 bits per heavy atom. The highest BCUT2D eigenvalue weighted by molar-refractivity contribution is 5.57. The van der Waals surface area contributed by atoms with Gasteiger partial charge in [0.25, 0.3) is 0 Å². The lowest BCUT2D eigenvalue weighted by molar-refractivity contribution is 0.180. The fourth-order valence-corrected chi connectivity index (χ4v) is 3.27. The second-order valence-corrected chi connectivity index (χ2v) is 6.16. The predicted molar refractivity (Wildman–Crippen MR) is 84.0 cm³/mol. The van der Waals surface area contributed by atoms with E-state index in [1.807, 2.05) is 6.92 Å². The van der Waals surface area contributed by atoms with Gasteiger partial charge in [-0.05, 0) is 70.8 Å². The van der Waals surface area contributed by atoms with Crippen LogP contribution in [0.25, 0.3) is 0 Å². The highest BCUT2D eigenvalue weighted by atomic mass is 19.1. The number of hydrogen-bond donors (Lipinski definition) is 0. The fourth-order valence-electron chi connectivity index (χ4n) is 3.27. The molecule has 112 valence electrons. The third-order valence-electron chi connectivity index (χ3n) is 4.88. The molecule has 2 unspecified atom stereocenters. The molecule has 1 heterocycles. The first-order chi connectivity index (χ1) is 9.43. The molecule has 0 spiro atoms. The average Bonchev–Trinajstić information content (AvgIpc) is 2.40. The Morgan fingerprint density at radius 3 is 2.65 bits per heavy atom. The molecule has 1 aliphatic heterocycles. The van der Waals surface area contributed by atoms with Crippen LogP contribution >= 0.6 is 0 Å². The molecule has 1 aromatic carbocycles. The molecule has 3 heteroatoms. The Morgan fingerprint density at radius 1 is 1.35 bits per heavy atom. The van der Waals surface area contributed by atoms with Gasteiger partial charge in [0.2, 0.25) is 0 Å². The van der Waals surface area contributed by atoms with Crippen molar-refractivity contribution in [3.05, 3.63) is 29.1 Å². The van der Waals surface area contributed by atoms with Crippen LogP contribution in [0.1, 0.15) is 37.8 Å². The van der Waals surface area contributed by atoms with Crippen LogP contribution in [0.4, 0.5) is 10.1 Å². The van der Waals surface area contributed by atoms with Gasteiger partial charge in [-0.2, -0.15) is 0 Å². The normalized spacial score (nSPS) is 23.9. The molecular weight excluding hydrogens is 251 g/mol. The zero-order valence-corrected chi connectivity index (χ0v) is 13.4. The summed E-state index contributed by atoms with van der Waals surface area (Å²) in [5.74, 6) is -0.123. The van der Waals surface area contributed by atoms with Crippen LogP contribution in [0.5, 0.6) is 0 Å². The van der Waals surface area contributed by atoms with Crippen LogP contribution < -0.4 is 4.90 Å². The second kappa shape index (κ2) is 6.13. The number of piperidine rings is 1. The minimum atomic E-state index is -0.123. The number of likely N-dealkylation sites (tertiary alicyclic amines) is 1. The monoisotopic (exact) mass is 278 g/mol. The quantitative estimate of drug-likeness (QED) is 0.831. The van der Waals surface area contributed by atoms with Gasteiger partial charge >= 0.3 is 0 Å². The summed E-state index contributed by atoms with van der Waals surface area (Å²) in [5.41, 5.74) is 3.33. The summed E-state index contributed by atoms with van der Waals surface area (Å²) < 4.78 is 13.8. The van der Waals surface area contributed by atoms with E-state index in [0.717, 1.165) is 37.2 Å². The summed E-state index contributed by atoms with van der Waals surface area (Å²) in [4.78, 5) is 4.81. The Labute approximate surface area is 122 Å². The van der Waals surface area contributed by atoms with Gasteiger partial charge in [0.1, 0.15) is 5.82 Å². The molecule has 0 aromatic heterocycles. The molecule has 20 heavy (non-hydrogen) atoms. The smallest absolute Gasteiger partial charge is 0.125 e. The van der Waals surface area contributed by atoms with Gasteiger partial charge in [-0.15, -0.1) is 0 Å². The fraction of sp³-hybridized carbons (Fsp3) is 0.647. The largest absolute Gasteiger partial charge is 0.368 e.